The minimum atomic E-state index is 0. The standard InChI is InChI=1S/C21H24N2.2CO.Co.NO/c1-14-9-16(3)20(17(4)10-14)22-7-8-23(13-22)21-18(5)11-15(2)12-19(21)6;2*1-2;;1-2/h7-12H,1-6H3;;;;. The molecule has 30 heavy (non-hydrogen) atoms. The van der Waals surface area contributed by atoms with Crippen LogP contribution in [-0.4, -0.2) is 4.57 Å². The van der Waals surface area contributed by atoms with E-state index in [-0.39, 0.29) is 16.8 Å². The summed E-state index contributed by atoms with van der Waals surface area (Å²) in [4.78, 5) is 7.25. The quantitative estimate of drug-likeness (QED) is 0.332. The van der Waals surface area contributed by atoms with E-state index in [4.69, 9.17) is 19.8 Å². The molecule has 0 aliphatic rings. The molecule has 3 rings (SSSR count). The smallest absolute Gasteiger partial charge is 0.120 e. The van der Waals surface area contributed by atoms with Crippen molar-refractivity contribution in [1.29, 1.82) is 0 Å². The molecular formula is C23H24CoN3O3. The Kier molecular flexibility index (Phi) is 14.0. The predicted octanol–water partition coefficient (Wildman–Crippen LogP) is 3.88. The molecule has 0 atom stereocenters. The minimum Gasteiger partial charge on any atom is -0.120 e. The average molecular weight is 449 g/mol. The van der Waals surface area contributed by atoms with Crippen molar-refractivity contribution in [3.05, 3.63) is 94.6 Å². The third-order valence-electron chi connectivity index (χ3n) is 4.33. The fourth-order valence-corrected chi connectivity index (χ4v) is 3.67. The third-order valence-corrected chi connectivity index (χ3v) is 4.33. The first-order valence-electron chi connectivity index (χ1n) is 8.64. The van der Waals surface area contributed by atoms with E-state index in [9.17, 15) is 0 Å². The number of rotatable bonds is 2. The van der Waals surface area contributed by atoms with Crippen LogP contribution in [0.5, 0.6) is 0 Å². The van der Waals surface area contributed by atoms with Gasteiger partial charge in [0.05, 0.1) is 11.4 Å². The Labute approximate surface area is 188 Å². The Bertz CT molecular complexity index is 883. The molecule has 0 amide bonds. The Morgan fingerprint density at radius 2 is 1.17 bits per heavy atom. The van der Waals surface area contributed by atoms with E-state index in [2.05, 4.69) is 107 Å². The second-order valence-electron chi connectivity index (χ2n) is 6.63. The van der Waals surface area contributed by atoms with Crippen molar-refractivity contribution in [2.24, 2.45) is 0 Å². The van der Waals surface area contributed by atoms with Crippen molar-refractivity contribution in [1.82, 2.24) is 10.2 Å². The molecular weight excluding hydrogens is 425 g/mol. The molecule has 2 radical (unpaired) electrons. The Morgan fingerprint density at radius 3 is 1.57 bits per heavy atom. The minimum absolute atomic E-state index is 0. The molecule has 0 saturated carbocycles. The van der Waals surface area contributed by atoms with Crippen molar-refractivity contribution in [2.75, 3.05) is 0 Å². The van der Waals surface area contributed by atoms with E-state index in [0.717, 1.165) is 0 Å². The van der Waals surface area contributed by atoms with Gasteiger partial charge in [-0.15, -0.1) is 4.91 Å². The second kappa shape index (κ2) is 14.3. The van der Waals surface area contributed by atoms with Crippen LogP contribution in [0.25, 0.3) is 11.4 Å². The van der Waals surface area contributed by atoms with Gasteiger partial charge in [-0.05, 0) is 63.8 Å². The van der Waals surface area contributed by atoms with Crippen molar-refractivity contribution in [2.45, 2.75) is 41.5 Å². The average Bonchev–Trinajstić information content (AvgIpc) is 3.14. The van der Waals surface area contributed by atoms with E-state index in [1.54, 1.807) is 0 Å². The van der Waals surface area contributed by atoms with Crippen LogP contribution in [0, 0.1) is 66.1 Å². The van der Waals surface area contributed by atoms with Crippen molar-refractivity contribution < 1.29 is 30.7 Å². The van der Waals surface area contributed by atoms with Crippen LogP contribution in [0.1, 0.15) is 33.4 Å². The summed E-state index contributed by atoms with van der Waals surface area (Å²) in [6, 6.07) is 8.90. The van der Waals surface area contributed by atoms with E-state index >= 15 is 0 Å². The third kappa shape index (κ3) is 6.93. The molecule has 1 heterocycles. The summed E-state index contributed by atoms with van der Waals surface area (Å²) in [5, 5.41) is 0. The fraction of sp³-hybridized carbons (Fsp3) is 0.261. The van der Waals surface area contributed by atoms with Gasteiger partial charge in [-0.1, -0.05) is 35.4 Å². The van der Waals surface area contributed by atoms with Crippen LogP contribution in [0.15, 0.2) is 36.7 Å². The number of imidazole rings is 1. The fourth-order valence-electron chi connectivity index (χ4n) is 3.67. The first-order chi connectivity index (χ1) is 13.9. The van der Waals surface area contributed by atoms with Gasteiger partial charge in [-0.25, -0.2) is 0 Å². The molecule has 6 nitrogen and oxygen atoms in total. The topological polar surface area (TPSA) is 88.0 Å². The van der Waals surface area contributed by atoms with Crippen LogP contribution in [0.4, 0.5) is 0 Å². The maximum Gasteiger partial charge on any atom is 0.120 e. The molecule has 2 aromatic carbocycles. The van der Waals surface area contributed by atoms with Gasteiger partial charge in [-0.2, -0.15) is 0 Å². The molecule has 0 saturated heterocycles. The Balaban J connectivity index is 0. The van der Waals surface area contributed by atoms with Gasteiger partial charge in [0.25, 0.3) is 6.33 Å². The monoisotopic (exact) mass is 449 g/mol. The van der Waals surface area contributed by atoms with Crippen LogP contribution in [-0.2, 0) is 26.1 Å². The molecule has 0 N–H and O–H groups in total. The molecule has 7 heteroatoms. The van der Waals surface area contributed by atoms with Crippen LogP contribution in [0.3, 0.4) is 0 Å². The number of hydrogen-bond acceptors (Lipinski definition) is 1. The molecule has 0 aliphatic carbocycles. The Hall–Kier alpha value is -2.76. The zero-order valence-electron chi connectivity index (χ0n) is 17.9. The van der Waals surface area contributed by atoms with E-state index in [1.165, 1.54) is 44.8 Å². The summed E-state index contributed by atoms with van der Waals surface area (Å²) in [6.07, 6.45) is 7.65. The van der Waals surface area contributed by atoms with Crippen LogP contribution < -0.4 is 10.2 Å². The van der Waals surface area contributed by atoms with E-state index < -0.39 is 0 Å². The summed E-state index contributed by atoms with van der Waals surface area (Å²) < 4.78 is 19.2. The van der Waals surface area contributed by atoms with E-state index in [0.29, 0.717) is 0 Å². The summed E-state index contributed by atoms with van der Waals surface area (Å²) in [6.45, 7) is 21.9. The van der Waals surface area contributed by atoms with Gasteiger partial charge in [0.15, 0.2) is 0 Å². The zero-order chi connectivity index (χ0) is 22.7. The molecule has 0 aliphatic heterocycles. The van der Waals surface area contributed by atoms with Gasteiger partial charge in [0.1, 0.15) is 5.59 Å². The van der Waals surface area contributed by atoms with Crippen molar-refractivity contribution in [3.8, 4) is 11.4 Å². The molecule has 0 bridgehead atoms. The van der Waals surface area contributed by atoms with Crippen molar-refractivity contribution in [3.63, 3.8) is 0 Å². The van der Waals surface area contributed by atoms with Gasteiger partial charge in [0, 0.05) is 29.2 Å². The summed E-state index contributed by atoms with van der Waals surface area (Å²) >= 11 is 0. The molecule has 158 valence electrons. The number of hydrogen-bond donors (Lipinski definition) is 0. The van der Waals surface area contributed by atoms with Crippen LogP contribution in [0.2, 0.25) is 0 Å². The van der Waals surface area contributed by atoms with Gasteiger partial charge in [0.2, 0.25) is 0 Å². The Morgan fingerprint density at radius 1 is 0.800 bits per heavy atom. The number of benzene rings is 2. The second-order valence-corrected chi connectivity index (χ2v) is 6.63. The van der Waals surface area contributed by atoms with E-state index in [1.807, 2.05) is 0 Å². The first-order valence-corrected chi connectivity index (χ1v) is 8.64. The van der Waals surface area contributed by atoms with Gasteiger partial charge in [-0.3, -0.25) is 9.13 Å². The maximum absolute atomic E-state index is 7.50. The summed E-state index contributed by atoms with van der Waals surface area (Å²) in [5.41, 5.74) is 15.9. The van der Waals surface area contributed by atoms with Crippen LogP contribution >= 0.6 is 0 Å². The largest absolute Gasteiger partial charge is 0.120 e. The molecule has 0 spiro atoms. The maximum atomic E-state index is 7.50. The normalized spacial score (nSPS) is 8.73. The first kappa shape index (κ1) is 29.4. The van der Waals surface area contributed by atoms with Gasteiger partial charge < -0.3 is 0 Å². The molecule has 1 aromatic heterocycles. The number of nitrogens with zero attached hydrogens (tertiary/aromatic N) is 3. The predicted molar refractivity (Wildman–Crippen MR) is 108 cm³/mol. The SMILES string of the molecule is Cc1cc(C)c(-n2[c-][n+](-c3c(C)cc(C)cc3C)cc2)c(C)c1.[C-]#[O+].[C-]#[O+].[Co].[N]=O. The molecule has 3 aromatic rings. The summed E-state index contributed by atoms with van der Waals surface area (Å²) in [7, 11) is 0. The number of aromatic nitrogens is 2. The molecule has 0 fully saturated rings. The molecule has 0 unspecified atom stereocenters. The zero-order valence-corrected chi connectivity index (χ0v) is 18.9. The van der Waals surface area contributed by atoms with Gasteiger partial charge >= 0.3 is 22.6 Å². The summed E-state index contributed by atoms with van der Waals surface area (Å²) in [5.74, 6) is 0. The number of aryl methyl sites for hydroxylation is 6. The number of nitroso groups, excluding NO2 is 1. The van der Waals surface area contributed by atoms with Crippen molar-refractivity contribution >= 4 is 0 Å².